The molecule has 3 rings (SSSR count). The Labute approximate surface area is 437 Å². The number of carbonyl (C=O) groups is 6. The number of methoxy groups -OCH3 is 2. The second kappa shape index (κ2) is 29.9. The van der Waals surface area contributed by atoms with Gasteiger partial charge in [-0.25, -0.2) is 8.42 Å². The number of nitrogens with one attached hydrogen (secondary N) is 2. The zero-order valence-corrected chi connectivity index (χ0v) is 47.3. The lowest BCUT2D eigenvalue weighted by Gasteiger charge is -2.41. The number of likely N-dealkylation sites (tertiary alicyclic amines) is 1. The molecule has 0 unspecified atom stereocenters. The van der Waals surface area contributed by atoms with Gasteiger partial charge in [0.25, 0.3) is 5.91 Å². The number of amides is 4. The molecule has 19 heteroatoms. The van der Waals surface area contributed by atoms with Gasteiger partial charge in [0.2, 0.25) is 27.7 Å². The number of Topliss-reactive ketones (excluding diaryl/α,β-unsaturated/α-hetero) is 1. The van der Waals surface area contributed by atoms with Crippen LogP contribution < -0.4 is 10.0 Å². The van der Waals surface area contributed by atoms with Crippen LogP contribution in [0.4, 0.5) is 0 Å². The molecule has 2 N–H and O–H groups in total. The van der Waals surface area contributed by atoms with Crippen molar-refractivity contribution in [3.05, 3.63) is 35.9 Å². The van der Waals surface area contributed by atoms with Gasteiger partial charge in [0.05, 0.1) is 80.8 Å². The molecule has 0 aromatic heterocycles. The normalized spacial score (nSPS) is 18.6. The quantitative estimate of drug-likeness (QED) is 0.0685. The van der Waals surface area contributed by atoms with Gasteiger partial charge in [0.1, 0.15) is 11.6 Å². The second-order valence-electron chi connectivity index (χ2n) is 21.8. The lowest BCUT2D eigenvalue weighted by molar-refractivity contribution is -0.156. The Morgan fingerprint density at radius 3 is 2.00 bits per heavy atom. The summed E-state index contributed by atoms with van der Waals surface area (Å²) < 4.78 is 56.4. The Bertz CT molecular complexity index is 2030. The SMILES string of the molecule is CC[C@H](C)[C@@H]([C@@H](CC(=O)N1CCC[C@H]1[C@H](OC)[C@@H](C)C(=O)N[C@@H](Cc1ccccc1)C(=O)NS(=O)(=O)C1CC1)OC)N(C)C(=O)[C@@H](CC(=O)[C@H](C(C)C)N(C)CCOCCOCCC(=O)OC(C)(C)C)C(C)C. The molecule has 1 saturated heterocycles. The minimum atomic E-state index is -3.88. The van der Waals surface area contributed by atoms with Crippen molar-refractivity contribution in [1.29, 1.82) is 0 Å². The monoisotopic (exact) mass is 1050 g/mol. The van der Waals surface area contributed by atoms with E-state index in [0.717, 1.165) is 5.56 Å². The highest BCUT2D eigenvalue weighted by molar-refractivity contribution is 7.90. The van der Waals surface area contributed by atoms with E-state index in [2.05, 4.69) is 10.0 Å². The topological polar surface area (TPSA) is 216 Å². The molecule has 1 heterocycles. The van der Waals surface area contributed by atoms with Crippen LogP contribution in [-0.4, -0.2) is 174 Å². The predicted molar refractivity (Wildman–Crippen MR) is 280 cm³/mol. The minimum Gasteiger partial charge on any atom is -0.460 e. The zero-order valence-electron chi connectivity index (χ0n) is 46.5. The van der Waals surface area contributed by atoms with Crippen molar-refractivity contribution in [2.24, 2.45) is 29.6 Å². The molecule has 4 amide bonds. The molecular weight excluding hydrogens is 959 g/mol. The molecule has 0 spiro atoms. The number of esters is 1. The van der Waals surface area contributed by atoms with E-state index in [4.69, 9.17) is 23.7 Å². The maximum Gasteiger partial charge on any atom is 0.308 e. The van der Waals surface area contributed by atoms with Crippen LogP contribution in [0, 0.1) is 29.6 Å². The lowest BCUT2D eigenvalue weighted by Crippen LogP contribution is -2.55. The summed E-state index contributed by atoms with van der Waals surface area (Å²) >= 11 is 0. The largest absolute Gasteiger partial charge is 0.460 e. The second-order valence-corrected chi connectivity index (χ2v) is 23.8. The molecule has 18 nitrogen and oxygen atoms in total. The fourth-order valence-corrected chi connectivity index (χ4v) is 11.2. The van der Waals surface area contributed by atoms with E-state index in [0.29, 0.717) is 65.0 Å². The van der Waals surface area contributed by atoms with Gasteiger partial charge < -0.3 is 38.8 Å². The Balaban J connectivity index is 1.69. The van der Waals surface area contributed by atoms with Gasteiger partial charge in [-0.15, -0.1) is 0 Å². The third-order valence-electron chi connectivity index (χ3n) is 14.2. The highest BCUT2D eigenvalue weighted by atomic mass is 32.2. The van der Waals surface area contributed by atoms with Crippen molar-refractivity contribution >= 4 is 45.4 Å². The number of hydrogen-bond acceptors (Lipinski definition) is 14. The number of benzene rings is 1. The van der Waals surface area contributed by atoms with Crippen LogP contribution in [0.15, 0.2) is 30.3 Å². The molecule has 1 aliphatic heterocycles. The predicted octanol–water partition coefficient (Wildman–Crippen LogP) is 5.20. The third-order valence-corrected chi connectivity index (χ3v) is 16.0. The average molecular weight is 1050 g/mol. The van der Waals surface area contributed by atoms with Gasteiger partial charge in [-0.3, -0.25) is 38.4 Å². The molecule has 9 atom stereocenters. The molecule has 2 aliphatic rings. The summed E-state index contributed by atoms with van der Waals surface area (Å²) in [5.41, 5.74) is 0.182. The maximum atomic E-state index is 14.7. The standard InChI is InChI=1S/C54H91N5O13S/c1-15-37(6)49(58(12)53(65)41(35(2)3)33-44(60)48(36(4)5)57(11)27-29-71-31-30-70-28-25-47(62)72-54(8,9)10)45(68-13)34-46(61)59-26-19-22-43(59)50(69-14)38(7)51(63)55-42(32-39-20-17-16-18-21-39)52(64)56-73(66,67)40-23-24-40/h16-18,20-21,35-38,40-43,45,48-50H,15,19,22-34H2,1-14H3,(H,55,63)(H,56,64)/t37-,38+,41-,42-,43-,45+,48-,49-,50+/m0/s1. The van der Waals surface area contributed by atoms with Crippen molar-refractivity contribution in [3.63, 3.8) is 0 Å². The fraction of sp³-hybridized carbons (Fsp3) is 0.778. The molecule has 1 aromatic rings. The van der Waals surface area contributed by atoms with E-state index in [1.807, 2.05) is 80.3 Å². The first-order chi connectivity index (χ1) is 34.3. The molecule has 0 bridgehead atoms. The average Bonchev–Trinajstić information content (AvgIpc) is 4.08. The van der Waals surface area contributed by atoms with Gasteiger partial charge in [0.15, 0.2) is 5.78 Å². The van der Waals surface area contributed by atoms with Crippen LogP contribution in [-0.2, 0) is 68.9 Å². The van der Waals surface area contributed by atoms with Crippen molar-refractivity contribution in [3.8, 4) is 0 Å². The summed E-state index contributed by atoms with van der Waals surface area (Å²) in [5.74, 6) is -3.94. The molecule has 1 saturated carbocycles. The lowest BCUT2D eigenvalue weighted by atomic mass is 9.83. The zero-order chi connectivity index (χ0) is 54.8. The smallest absolute Gasteiger partial charge is 0.308 e. The highest BCUT2D eigenvalue weighted by Crippen LogP contribution is 2.32. The van der Waals surface area contributed by atoms with E-state index in [1.54, 1.807) is 48.0 Å². The Kier molecular flexibility index (Phi) is 25.9. The van der Waals surface area contributed by atoms with E-state index in [1.165, 1.54) is 14.2 Å². The molecule has 0 radical (unpaired) electrons. The number of rotatable bonds is 33. The Morgan fingerprint density at radius 1 is 0.822 bits per heavy atom. The van der Waals surface area contributed by atoms with Crippen LogP contribution in [0.5, 0.6) is 0 Å². The van der Waals surface area contributed by atoms with Gasteiger partial charge >= 0.3 is 5.97 Å². The van der Waals surface area contributed by atoms with Crippen molar-refractivity contribution in [2.45, 2.75) is 174 Å². The molecule has 1 aliphatic carbocycles. The Morgan fingerprint density at radius 2 is 1.45 bits per heavy atom. The van der Waals surface area contributed by atoms with Gasteiger partial charge in [-0.2, -0.15) is 0 Å². The van der Waals surface area contributed by atoms with Crippen LogP contribution in [0.3, 0.4) is 0 Å². The number of ether oxygens (including phenoxy) is 5. The summed E-state index contributed by atoms with van der Waals surface area (Å²) in [6.07, 6.45) is 1.54. The number of ketones is 1. The molecule has 2 fully saturated rings. The van der Waals surface area contributed by atoms with Crippen LogP contribution in [0.1, 0.15) is 126 Å². The maximum absolute atomic E-state index is 14.7. The van der Waals surface area contributed by atoms with Crippen LogP contribution in [0.2, 0.25) is 0 Å². The summed E-state index contributed by atoms with van der Waals surface area (Å²) in [6, 6.07) is 6.33. The van der Waals surface area contributed by atoms with Gasteiger partial charge in [-0.1, -0.05) is 85.2 Å². The van der Waals surface area contributed by atoms with Crippen molar-refractivity contribution < 1.29 is 60.9 Å². The fourth-order valence-electron chi connectivity index (χ4n) is 9.89. The van der Waals surface area contributed by atoms with Crippen LogP contribution in [0.25, 0.3) is 0 Å². The van der Waals surface area contributed by atoms with Gasteiger partial charge in [-0.05, 0) is 76.8 Å². The van der Waals surface area contributed by atoms with E-state index in [9.17, 15) is 37.2 Å². The van der Waals surface area contributed by atoms with E-state index in [-0.39, 0.29) is 73.6 Å². The van der Waals surface area contributed by atoms with E-state index >= 15 is 0 Å². The summed E-state index contributed by atoms with van der Waals surface area (Å²) in [4.78, 5) is 88.3. The molecule has 73 heavy (non-hydrogen) atoms. The third kappa shape index (κ3) is 19.9. The number of nitrogens with zero attached hydrogens (tertiary/aromatic N) is 3. The number of sulfonamides is 1. The number of carbonyl (C=O) groups excluding carboxylic acids is 6. The summed E-state index contributed by atoms with van der Waals surface area (Å²) in [6.45, 7) is 21.1. The number of hydrogen-bond donors (Lipinski definition) is 2. The molecule has 1 aromatic carbocycles. The van der Waals surface area contributed by atoms with Crippen molar-refractivity contribution in [2.75, 3.05) is 67.8 Å². The summed E-state index contributed by atoms with van der Waals surface area (Å²) in [5, 5.41) is 2.17. The Hall–Kier alpha value is -4.01. The number of likely N-dealkylation sites (N-methyl/N-ethyl adjacent to an activating group) is 2. The first kappa shape index (κ1) is 63.3. The summed E-state index contributed by atoms with van der Waals surface area (Å²) in [7, 11) is 2.74. The highest BCUT2D eigenvalue weighted by Gasteiger charge is 2.44. The first-order valence-electron chi connectivity index (χ1n) is 26.4. The minimum absolute atomic E-state index is 0.0288. The van der Waals surface area contributed by atoms with Crippen LogP contribution >= 0.6 is 0 Å². The molecule has 416 valence electrons. The van der Waals surface area contributed by atoms with Crippen molar-refractivity contribution in [1.82, 2.24) is 24.7 Å². The molecular formula is C54H91N5O13S. The van der Waals surface area contributed by atoms with Gasteiger partial charge in [0, 0.05) is 53.1 Å². The first-order valence-corrected chi connectivity index (χ1v) is 27.9. The van der Waals surface area contributed by atoms with E-state index < -0.39 is 80.9 Å².